The quantitative estimate of drug-likeness (QED) is 0.787. The molecule has 0 atom stereocenters. The van der Waals surface area contributed by atoms with Gasteiger partial charge in [0.1, 0.15) is 11.4 Å². The van der Waals surface area contributed by atoms with Gasteiger partial charge in [0.25, 0.3) is 0 Å². The van der Waals surface area contributed by atoms with Gasteiger partial charge in [0, 0.05) is 0 Å². The summed E-state index contributed by atoms with van der Waals surface area (Å²) in [5.74, 6) is 0.615. The monoisotopic (exact) mass is 218 g/mol. The molecule has 0 saturated heterocycles. The number of aryl methyl sites for hydroxylation is 1. The predicted molar refractivity (Wildman–Crippen MR) is 46.4 cm³/mol. The van der Waals surface area contributed by atoms with Gasteiger partial charge in [-0.1, -0.05) is 0 Å². The first-order valence-electron chi connectivity index (χ1n) is 3.40. The maximum Gasteiger partial charge on any atom is 0.169 e. The van der Waals surface area contributed by atoms with Crippen LogP contribution in [0.2, 0.25) is 0 Å². The standard InChI is InChI=1S/C8H11BrO2/c1-5-4-6(9)11-7(5)8(2,3)10/h4,10H,1-3H3. The van der Waals surface area contributed by atoms with Crippen molar-refractivity contribution < 1.29 is 9.52 Å². The number of halogens is 1. The Balaban J connectivity index is 3.13. The zero-order chi connectivity index (χ0) is 8.65. The van der Waals surface area contributed by atoms with Crippen LogP contribution in [0.25, 0.3) is 0 Å². The van der Waals surface area contributed by atoms with Crippen LogP contribution < -0.4 is 0 Å². The molecule has 0 spiro atoms. The van der Waals surface area contributed by atoms with E-state index in [2.05, 4.69) is 15.9 Å². The van der Waals surface area contributed by atoms with Crippen molar-refractivity contribution in [1.82, 2.24) is 0 Å². The van der Waals surface area contributed by atoms with Crippen LogP contribution in [0.5, 0.6) is 0 Å². The summed E-state index contributed by atoms with van der Waals surface area (Å²) in [5.41, 5.74) is 0.0696. The van der Waals surface area contributed by atoms with Crippen molar-refractivity contribution in [2.24, 2.45) is 0 Å². The van der Waals surface area contributed by atoms with Crippen molar-refractivity contribution in [3.05, 3.63) is 22.1 Å². The van der Waals surface area contributed by atoms with Gasteiger partial charge < -0.3 is 9.52 Å². The summed E-state index contributed by atoms with van der Waals surface area (Å²) in [6, 6.07) is 1.84. The Labute approximate surface area is 74.3 Å². The summed E-state index contributed by atoms with van der Waals surface area (Å²) in [6.45, 7) is 5.30. The van der Waals surface area contributed by atoms with E-state index in [1.807, 2.05) is 13.0 Å². The Morgan fingerprint density at radius 3 is 2.27 bits per heavy atom. The van der Waals surface area contributed by atoms with E-state index in [9.17, 15) is 5.11 Å². The largest absolute Gasteiger partial charge is 0.451 e. The highest BCUT2D eigenvalue weighted by Gasteiger charge is 2.22. The van der Waals surface area contributed by atoms with Crippen LogP contribution in [-0.2, 0) is 5.60 Å². The van der Waals surface area contributed by atoms with Crippen LogP contribution in [0.3, 0.4) is 0 Å². The van der Waals surface area contributed by atoms with Crippen molar-refractivity contribution in [1.29, 1.82) is 0 Å². The summed E-state index contributed by atoms with van der Waals surface area (Å²) in [4.78, 5) is 0. The zero-order valence-electron chi connectivity index (χ0n) is 6.81. The SMILES string of the molecule is Cc1cc(Br)oc1C(C)(C)O. The van der Waals surface area contributed by atoms with Crippen molar-refractivity contribution in [3.63, 3.8) is 0 Å². The van der Waals surface area contributed by atoms with Crippen molar-refractivity contribution in [2.45, 2.75) is 26.4 Å². The van der Waals surface area contributed by atoms with Gasteiger partial charge in [-0.15, -0.1) is 0 Å². The van der Waals surface area contributed by atoms with Gasteiger partial charge in [-0.25, -0.2) is 0 Å². The number of rotatable bonds is 1. The minimum absolute atomic E-state index is 0.615. The molecule has 0 aliphatic heterocycles. The molecule has 0 saturated carbocycles. The van der Waals surface area contributed by atoms with E-state index in [0.717, 1.165) is 5.56 Å². The van der Waals surface area contributed by atoms with E-state index >= 15 is 0 Å². The molecular weight excluding hydrogens is 208 g/mol. The third-order valence-corrected chi connectivity index (χ3v) is 1.83. The molecule has 1 heterocycles. The molecule has 2 nitrogen and oxygen atoms in total. The molecule has 62 valence electrons. The molecule has 11 heavy (non-hydrogen) atoms. The summed E-state index contributed by atoms with van der Waals surface area (Å²) in [6.07, 6.45) is 0. The molecule has 0 radical (unpaired) electrons. The van der Waals surface area contributed by atoms with E-state index in [0.29, 0.717) is 10.4 Å². The highest BCUT2D eigenvalue weighted by Crippen LogP contribution is 2.28. The second kappa shape index (κ2) is 2.64. The van der Waals surface area contributed by atoms with Crippen LogP contribution in [0.15, 0.2) is 15.2 Å². The lowest BCUT2D eigenvalue weighted by atomic mass is 10.0. The Morgan fingerprint density at radius 1 is 1.55 bits per heavy atom. The highest BCUT2D eigenvalue weighted by molar-refractivity contribution is 9.10. The average molecular weight is 219 g/mol. The molecule has 1 rings (SSSR count). The van der Waals surface area contributed by atoms with Crippen LogP contribution in [0.1, 0.15) is 25.2 Å². The van der Waals surface area contributed by atoms with Gasteiger partial charge in [0.05, 0.1) is 0 Å². The lowest BCUT2D eigenvalue weighted by molar-refractivity contribution is 0.0524. The smallest absolute Gasteiger partial charge is 0.169 e. The number of hydrogen-bond donors (Lipinski definition) is 1. The average Bonchev–Trinajstić information content (AvgIpc) is 2.08. The van der Waals surface area contributed by atoms with Gasteiger partial charge in [-0.3, -0.25) is 0 Å². The zero-order valence-corrected chi connectivity index (χ0v) is 8.40. The minimum atomic E-state index is -0.893. The van der Waals surface area contributed by atoms with Gasteiger partial charge in [-0.05, 0) is 48.3 Å². The predicted octanol–water partition coefficient (Wildman–Crippen LogP) is 2.58. The summed E-state index contributed by atoms with van der Waals surface area (Å²) in [7, 11) is 0. The third kappa shape index (κ3) is 1.84. The third-order valence-electron chi connectivity index (χ3n) is 1.44. The molecule has 1 N–H and O–H groups in total. The first-order valence-corrected chi connectivity index (χ1v) is 4.19. The topological polar surface area (TPSA) is 33.4 Å². The van der Waals surface area contributed by atoms with Crippen LogP contribution in [-0.4, -0.2) is 5.11 Å². The van der Waals surface area contributed by atoms with E-state index in [1.165, 1.54) is 0 Å². The molecule has 3 heteroatoms. The van der Waals surface area contributed by atoms with E-state index in [-0.39, 0.29) is 0 Å². The van der Waals surface area contributed by atoms with Gasteiger partial charge in [0.15, 0.2) is 4.67 Å². The maximum atomic E-state index is 9.57. The second-order valence-corrected chi connectivity index (χ2v) is 3.90. The van der Waals surface area contributed by atoms with E-state index in [1.54, 1.807) is 13.8 Å². The number of aliphatic hydroxyl groups is 1. The Bertz CT molecular complexity index is 258. The molecule has 0 aromatic carbocycles. The first-order chi connectivity index (χ1) is 4.91. The fourth-order valence-electron chi connectivity index (χ4n) is 1.05. The van der Waals surface area contributed by atoms with E-state index < -0.39 is 5.60 Å². The van der Waals surface area contributed by atoms with Crippen molar-refractivity contribution >= 4 is 15.9 Å². The molecule has 0 bridgehead atoms. The molecule has 0 unspecified atom stereocenters. The molecule has 0 amide bonds. The van der Waals surface area contributed by atoms with Crippen LogP contribution >= 0.6 is 15.9 Å². The van der Waals surface area contributed by atoms with Crippen molar-refractivity contribution in [3.8, 4) is 0 Å². The Kier molecular flexibility index (Phi) is 2.12. The normalized spacial score (nSPS) is 12.1. The summed E-state index contributed by atoms with van der Waals surface area (Å²) in [5, 5.41) is 9.57. The van der Waals surface area contributed by atoms with Crippen LogP contribution in [0.4, 0.5) is 0 Å². The number of hydrogen-bond acceptors (Lipinski definition) is 2. The lowest BCUT2D eigenvalue weighted by Crippen LogP contribution is -2.15. The van der Waals surface area contributed by atoms with Gasteiger partial charge in [0.2, 0.25) is 0 Å². The molecule has 0 fully saturated rings. The maximum absolute atomic E-state index is 9.57. The molecule has 0 aliphatic rings. The molecule has 0 aliphatic carbocycles. The van der Waals surface area contributed by atoms with Crippen LogP contribution in [0, 0.1) is 6.92 Å². The molecule has 1 aromatic rings. The fourth-order valence-corrected chi connectivity index (χ4v) is 1.56. The van der Waals surface area contributed by atoms with Gasteiger partial charge in [-0.2, -0.15) is 0 Å². The Hall–Kier alpha value is -0.280. The molecular formula is C8H11BrO2. The summed E-state index contributed by atoms with van der Waals surface area (Å²) < 4.78 is 5.90. The van der Waals surface area contributed by atoms with Gasteiger partial charge >= 0.3 is 0 Å². The minimum Gasteiger partial charge on any atom is -0.451 e. The fraction of sp³-hybridized carbons (Fsp3) is 0.500. The summed E-state index contributed by atoms with van der Waals surface area (Å²) >= 11 is 3.20. The van der Waals surface area contributed by atoms with E-state index in [4.69, 9.17) is 4.42 Å². The van der Waals surface area contributed by atoms with Crippen molar-refractivity contribution in [2.75, 3.05) is 0 Å². The highest BCUT2D eigenvalue weighted by atomic mass is 79.9. The second-order valence-electron chi connectivity index (χ2n) is 3.12. The lowest BCUT2D eigenvalue weighted by Gasteiger charge is -2.14. The first kappa shape index (κ1) is 8.81. The Morgan fingerprint density at radius 2 is 2.09 bits per heavy atom. The molecule has 1 aromatic heterocycles. The number of furan rings is 1.